The third-order valence-corrected chi connectivity index (χ3v) is 7.63. The zero-order chi connectivity index (χ0) is 29.9. The lowest BCUT2D eigenvalue weighted by Gasteiger charge is -2.11. The van der Waals surface area contributed by atoms with Gasteiger partial charge in [0.15, 0.2) is 17.5 Å². The van der Waals surface area contributed by atoms with Crippen molar-refractivity contribution in [1.29, 1.82) is 0 Å². The summed E-state index contributed by atoms with van der Waals surface area (Å²) in [6.07, 6.45) is 0. The first kappa shape index (κ1) is 27.1. The smallest absolute Gasteiger partial charge is 0.164 e. The van der Waals surface area contributed by atoms with Gasteiger partial charge in [0.1, 0.15) is 0 Å². The minimum atomic E-state index is 0.629. The molecule has 0 saturated heterocycles. The van der Waals surface area contributed by atoms with E-state index < -0.39 is 0 Å². The molecule has 210 valence electrons. The third-order valence-electron chi connectivity index (χ3n) is 7.63. The van der Waals surface area contributed by atoms with E-state index in [0.29, 0.717) is 17.5 Å². The van der Waals surface area contributed by atoms with E-state index in [1.807, 2.05) is 26.0 Å². The van der Waals surface area contributed by atoms with Crippen molar-refractivity contribution in [3.05, 3.63) is 157 Å². The molecule has 0 spiro atoms. The molecule has 0 aliphatic heterocycles. The van der Waals surface area contributed by atoms with Crippen LogP contribution in [0.15, 0.2) is 146 Å². The highest BCUT2D eigenvalue weighted by molar-refractivity contribution is 5.76. The molecule has 0 bridgehead atoms. The first-order chi connectivity index (χ1) is 21.6. The van der Waals surface area contributed by atoms with Gasteiger partial charge >= 0.3 is 0 Å². The van der Waals surface area contributed by atoms with E-state index in [9.17, 15) is 0 Å². The molecule has 5 aromatic carbocycles. The highest BCUT2D eigenvalue weighted by Crippen LogP contribution is 2.31. The molecule has 2 heterocycles. The zero-order valence-electron chi connectivity index (χ0n) is 24.6. The summed E-state index contributed by atoms with van der Waals surface area (Å²) >= 11 is 0. The highest BCUT2D eigenvalue weighted by Gasteiger charge is 2.14. The Hall–Kier alpha value is -5.74. The molecule has 4 heteroatoms. The van der Waals surface area contributed by atoms with Gasteiger partial charge in [-0.1, -0.05) is 115 Å². The van der Waals surface area contributed by atoms with Crippen LogP contribution in [-0.2, 0) is 0 Å². The molecule has 0 unspecified atom stereocenters. The molecule has 7 rings (SSSR count). The molecule has 0 N–H and O–H groups in total. The minimum Gasteiger partial charge on any atom is -0.258 e. The van der Waals surface area contributed by atoms with Crippen LogP contribution in [0.3, 0.4) is 0 Å². The fourth-order valence-electron chi connectivity index (χ4n) is 5.54. The number of rotatable bonds is 6. The molecule has 0 aliphatic rings. The molecule has 0 atom stereocenters. The Morgan fingerprint density at radius 1 is 0.273 bits per heavy atom. The quantitative estimate of drug-likeness (QED) is 0.201. The van der Waals surface area contributed by atoms with Gasteiger partial charge in [0.05, 0.1) is 0 Å². The molecular formula is C40H30N4. The second kappa shape index (κ2) is 11.9. The summed E-state index contributed by atoms with van der Waals surface area (Å²) < 4.78 is 0. The van der Waals surface area contributed by atoms with Crippen LogP contribution < -0.4 is 0 Å². The normalized spacial score (nSPS) is 11.0. The number of aryl methyl sites for hydroxylation is 2. The predicted molar refractivity (Wildman–Crippen MR) is 180 cm³/mol. The molecular weight excluding hydrogens is 536 g/mol. The van der Waals surface area contributed by atoms with Gasteiger partial charge in [0.25, 0.3) is 0 Å². The van der Waals surface area contributed by atoms with Gasteiger partial charge in [0, 0.05) is 28.1 Å². The summed E-state index contributed by atoms with van der Waals surface area (Å²) in [5.41, 5.74) is 11.5. The summed E-state index contributed by atoms with van der Waals surface area (Å²) in [7, 11) is 0. The van der Waals surface area contributed by atoms with Crippen LogP contribution in [0.2, 0.25) is 0 Å². The molecule has 7 aromatic rings. The van der Waals surface area contributed by atoms with Crippen LogP contribution in [0.25, 0.3) is 67.5 Å². The van der Waals surface area contributed by atoms with Gasteiger partial charge in [-0.15, -0.1) is 0 Å². The van der Waals surface area contributed by atoms with Crippen LogP contribution in [0.4, 0.5) is 0 Å². The van der Waals surface area contributed by atoms with Gasteiger partial charge in [0.2, 0.25) is 0 Å². The van der Waals surface area contributed by atoms with Crippen molar-refractivity contribution in [3.63, 3.8) is 0 Å². The third kappa shape index (κ3) is 5.79. The molecule has 0 fully saturated rings. The molecule has 0 saturated carbocycles. The fraction of sp³-hybridized carbons (Fsp3) is 0.0500. The fourth-order valence-corrected chi connectivity index (χ4v) is 5.54. The molecule has 4 nitrogen and oxygen atoms in total. The average molecular weight is 567 g/mol. The number of hydrogen-bond donors (Lipinski definition) is 0. The summed E-state index contributed by atoms with van der Waals surface area (Å²) in [6, 6.07) is 50.2. The van der Waals surface area contributed by atoms with Gasteiger partial charge in [-0.25, -0.2) is 15.0 Å². The standard InChI is InChI=1S/C40H30N4/c1-27-22-37(23-28(2)41-27)33-18-11-21-36(26-33)40-43-38(34-19-9-16-31(24-34)29-12-5-3-6-13-29)42-39(44-40)35-20-10-17-32(25-35)30-14-7-4-8-15-30/h3-26H,1-2H3. The zero-order valence-corrected chi connectivity index (χ0v) is 24.6. The van der Waals surface area contributed by atoms with Crippen LogP contribution in [-0.4, -0.2) is 19.9 Å². The largest absolute Gasteiger partial charge is 0.258 e. The van der Waals surface area contributed by atoms with Crippen LogP contribution in [0.1, 0.15) is 11.4 Å². The van der Waals surface area contributed by atoms with Crippen molar-refractivity contribution in [2.75, 3.05) is 0 Å². The number of nitrogens with zero attached hydrogens (tertiary/aromatic N) is 4. The Balaban J connectivity index is 1.38. The molecule has 0 aliphatic carbocycles. The molecule has 44 heavy (non-hydrogen) atoms. The first-order valence-electron chi connectivity index (χ1n) is 14.7. The van der Waals surface area contributed by atoms with Gasteiger partial charge < -0.3 is 0 Å². The average Bonchev–Trinajstić information content (AvgIpc) is 3.08. The maximum absolute atomic E-state index is 5.05. The number of aromatic nitrogens is 4. The van der Waals surface area contributed by atoms with E-state index >= 15 is 0 Å². The second-order valence-corrected chi connectivity index (χ2v) is 10.9. The Morgan fingerprint density at radius 3 is 0.977 bits per heavy atom. The highest BCUT2D eigenvalue weighted by atomic mass is 15.0. The van der Waals surface area contributed by atoms with Gasteiger partial charge in [-0.3, -0.25) is 4.98 Å². The SMILES string of the molecule is Cc1cc(-c2cccc(-c3nc(-c4cccc(-c5ccccc5)c4)nc(-c4cccc(-c5ccccc5)c4)n3)c2)cc(C)n1. The predicted octanol–water partition coefficient (Wildman–Crippen LogP) is 9.89. The van der Waals surface area contributed by atoms with Crippen LogP contribution >= 0.6 is 0 Å². The summed E-state index contributed by atoms with van der Waals surface area (Å²) in [5, 5.41) is 0. The summed E-state index contributed by atoms with van der Waals surface area (Å²) in [5.74, 6) is 1.90. The topological polar surface area (TPSA) is 51.6 Å². The van der Waals surface area contributed by atoms with E-state index in [-0.39, 0.29) is 0 Å². The number of hydrogen-bond acceptors (Lipinski definition) is 4. The Morgan fingerprint density at radius 2 is 0.591 bits per heavy atom. The number of pyridine rings is 1. The summed E-state index contributed by atoms with van der Waals surface area (Å²) in [6.45, 7) is 4.05. The number of benzene rings is 5. The van der Waals surface area contributed by atoms with Crippen molar-refractivity contribution < 1.29 is 0 Å². The van der Waals surface area contributed by atoms with E-state index in [1.54, 1.807) is 0 Å². The lowest BCUT2D eigenvalue weighted by molar-refractivity contribution is 1.07. The van der Waals surface area contributed by atoms with E-state index in [1.165, 1.54) is 0 Å². The van der Waals surface area contributed by atoms with Crippen molar-refractivity contribution in [2.24, 2.45) is 0 Å². The van der Waals surface area contributed by atoms with E-state index in [0.717, 1.165) is 61.5 Å². The van der Waals surface area contributed by atoms with Crippen molar-refractivity contribution >= 4 is 0 Å². The Bertz CT molecular complexity index is 1960. The van der Waals surface area contributed by atoms with E-state index in [2.05, 4.69) is 138 Å². The molecule has 0 radical (unpaired) electrons. The molecule has 0 amide bonds. The monoisotopic (exact) mass is 566 g/mol. The van der Waals surface area contributed by atoms with Crippen LogP contribution in [0.5, 0.6) is 0 Å². The summed E-state index contributed by atoms with van der Waals surface area (Å²) in [4.78, 5) is 19.7. The van der Waals surface area contributed by atoms with Crippen molar-refractivity contribution in [2.45, 2.75) is 13.8 Å². The second-order valence-electron chi connectivity index (χ2n) is 10.9. The van der Waals surface area contributed by atoms with Crippen LogP contribution in [0, 0.1) is 13.8 Å². The maximum atomic E-state index is 5.05. The van der Waals surface area contributed by atoms with Gasteiger partial charge in [-0.05, 0) is 77.6 Å². The van der Waals surface area contributed by atoms with E-state index in [4.69, 9.17) is 15.0 Å². The van der Waals surface area contributed by atoms with Crippen molar-refractivity contribution in [1.82, 2.24) is 19.9 Å². The van der Waals surface area contributed by atoms with Crippen molar-refractivity contribution in [3.8, 4) is 67.5 Å². The molecule has 2 aromatic heterocycles. The first-order valence-corrected chi connectivity index (χ1v) is 14.7. The van der Waals surface area contributed by atoms with Gasteiger partial charge in [-0.2, -0.15) is 0 Å². The maximum Gasteiger partial charge on any atom is 0.164 e. The minimum absolute atomic E-state index is 0.629. The lowest BCUT2D eigenvalue weighted by Crippen LogP contribution is -2.00. The Labute approximate surface area is 257 Å². The lowest BCUT2D eigenvalue weighted by atomic mass is 10.0. The Kier molecular flexibility index (Phi) is 7.31.